The Morgan fingerprint density at radius 3 is 1.27 bits per heavy atom. The molecule has 0 heterocycles. The molecule has 0 fully saturated rings. The van der Waals surface area contributed by atoms with Gasteiger partial charge in [-0.25, -0.2) is 0 Å². The largest absolute Gasteiger partial charge is 0.329 e. The van der Waals surface area contributed by atoms with E-state index in [-0.39, 0.29) is 0 Å². The van der Waals surface area contributed by atoms with Crippen LogP contribution in [0, 0.1) is 0 Å². The predicted molar refractivity (Wildman–Crippen MR) is 68.1 cm³/mol. The van der Waals surface area contributed by atoms with Crippen LogP contribution in [-0.2, 0) is 0 Å². The molecule has 7 N–H and O–H groups in total. The van der Waals surface area contributed by atoms with Gasteiger partial charge in [-0.15, -0.1) is 0 Å². The Morgan fingerprint density at radius 1 is 0.667 bits per heavy atom. The zero-order valence-electron chi connectivity index (χ0n) is 10.3. The lowest BCUT2D eigenvalue weighted by atomic mass is 10.5. The molecule has 0 aromatic heterocycles. The lowest BCUT2D eigenvalue weighted by Crippen LogP contribution is -2.32. The summed E-state index contributed by atoms with van der Waals surface area (Å²) in [4.78, 5) is 0. The molecule has 5 nitrogen and oxygen atoms in total. The zero-order valence-corrected chi connectivity index (χ0v) is 10.3. The molecule has 0 aliphatic heterocycles. The van der Waals surface area contributed by atoms with Crippen LogP contribution in [0.15, 0.2) is 0 Å². The van der Waals surface area contributed by atoms with E-state index in [4.69, 9.17) is 11.5 Å². The van der Waals surface area contributed by atoms with Crippen LogP contribution in [0.3, 0.4) is 0 Å². The lowest BCUT2D eigenvalue weighted by molar-refractivity contribution is 0.618. The van der Waals surface area contributed by atoms with Crippen molar-refractivity contribution >= 4 is 0 Å². The van der Waals surface area contributed by atoms with Crippen LogP contribution in [0.25, 0.3) is 0 Å². The summed E-state index contributed by atoms with van der Waals surface area (Å²) in [5.74, 6) is 0. The molecule has 0 aliphatic carbocycles. The summed E-state index contributed by atoms with van der Waals surface area (Å²) in [5.41, 5.74) is 10.5. The molecule has 0 aliphatic rings. The maximum Gasteiger partial charge on any atom is 0.00772 e. The van der Waals surface area contributed by atoms with E-state index in [0.717, 1.165) is 39.3 Å². The fourth-order valence-electron chi connectivity index (χ4n) is 0.881. The van der Waals surface area contributed by atoms with Gasteiger partial charge in [-0.2, -0.15) is 0 Å². The van der Waals surface area contributed by atoms with Crippen molar-refractivity contribution in [3.63, 3.8) is 0 Å². The van der Waals surface area contributed by atoms with Crippen LogP contribution in [0.2, 0.25) is 0 Å². The number of hydrogen-bond acceptors (Lipinski definition) is 5. The Balaban J connectivity index is 0. The Labute approximate surface area is 94.4 Å². The number of hydrogen-bond donors (Lipinski definition) is 5. The van der Waals surface area contributed by atoms with Gasteiger partial charge in [0, 0.05) is 39.3 Å². The second-order valence-corrected chi connectivity index (χ2v) is 3.03. The molecule has 94 valence electrons. The van der Waals surface area contributed by atoms with Crippen LogP contribution in [-0.4, -0.2) is 52.4 Å². The third-order valence-electron chi connectivity index (χ3n) is 1.62. The van der Waals surface area contributed by atoms with E-state index >= 15 is 0 Å². The first kappa shape index (κ1) is 17.2. The molecule has 0 saturated carbocycles. The lowest BCUT2D eigenvalue weighted by Gasteiger charge is -2.03. The van der Waals surface area contributed by atoms with Gasteiger partial charge in [-0.3, -0.25) is 0 Å². The van der Waals surface area contributed by atoms with E-state index in [9.17, 15) is 0 Å². The highest BCUT2D eigenvalue weighted by Gasteiger charge is 1.83. The minimum atomic E-state index is 0.705. The highest BCUT2D eigenvalue weighted by Crippen LogP contribution is 1.57. The van der Waals surface area contributed by atoms with Gasteiger partial charge in [0.25, 0.3) is 0 Å². The number of rotatable bonds is 9. The van der Waals surface area contributed by atoms with Crippen molar-refractivity contribution in [3.8, 4) is 0 Å². The van der Waals surface area contributed by atoms with E-state index in [2.05, 4.69) is 29.8 Å². The fourth-order valence-corrected chi connectivity index (χ4v) is 0.881. The SMILES string of the molecule is CCNCC.NCCNCCNCCN. The third-order valence-corrected chi connectivity index (χ3v) is 1.62. The second kappa shape index (κ2) is 19.4. The van der Waals surface area contributed by atoms with E-state index in [1.807, 2.05) is 0 Å². The summed E-state index contributed by atoms with van der Waals surface area (Å²) in [6.45, 7) is 11.5. The number of nitrogens with two attached hydrogens (primary N) is 2. The average Bonchev–Trinajstić information content (AvgIpc) is 2.25. The summed E-state index contributed by atoms with van der Waals surface area (Å²) < 4.78 is 0. The quantitative estimate of drug-likeness (QED) is 0.311. The summed E-state index contributed by atoms with van der Waals surface area (Å²) in [6.07, 6.45) is 0. The van der Waals surface area contributed by atoms with Crippen molar-refractivity contribution in [2.45, 2.75) is 13.8 Å². The molecule has 0 aromatic rings. The molecular formula is C10H29N5. The molecular weight excluding hydrogens is 190 g/mol. The van der Waals surface area contributed by atoms with Gasteiger partial charge in [0.1, 0.15) is 0 Å². The van der Waals surface area contributed by atoms with Gasteiger partial charge in [0.2, 0.25) is 0 Å². The standard InChI is InChI=1S/C6H18N4.C4H11N/c7-1-3-9-5-6-10-4-2-8;1-3-5-4-2/h9-10H,1-8H2;5H,3-4H2,1-2H3. The summed E-state index contributed by atoms with van der Waals surface area (Å²) in [6, 6.07) is 0. The van der Waals surface area contributed by atoms with Crippen LogP contribution < -0.4 is 27.4 Å². The molecule has 0 saturated heterocycles. The van der Waals surface area contributed by atoms with Crippen molar-refractivity contribution in [3.05, 3.63) is 0 Å². The summed E-state index contributed by atoms with van der Waals surface area (Å²) in [7, 11) is 0. The molecule has 15 heavy (non-hydrogen) atoms. The zero-order chi connectivity index (χ0) is 11.8. The maximum absolute atomic E-state index is 5.27. The second-order valence-electron chi connectivity index (χ2n) is 3.03. The first-order valence-electron chi connectivity index (χ1n) is 5.85. The molecule has 0 unspecified atom stereocenters. The van der Waals surface area contributed by atoms with E-state index in [0.29, 0.717) is 13.1 Å². The topological polar surface area (TPSA) is 88.1 Å². The molecule has 0 bridgehead atoms. The highest BCUT2D eigenvalue weighted by molar-refractivity contribution is 4.51. The normalized spacial score (nSPS) is 9.60. The Morgan fingerprint density at radius 2 is 1.07 bits per heavy atom. The first-order chi connectivity index (χ1) is 7.33. The highest BCUT2D eigenvalue weighted by atomic mass is 14.9. The first-order valence-corrected chi connectivity index (χ1v) is 5.85. The Bertz CT molecular complexity index is 79.9. The van der Waals surface area contributed by atoms with Crippen LogP contribution in [0.1, 0.15) is 13.8 Å². The van der Waals surface area contributed by atoms with Gasteiger partial charge < -0.3 is 27.4 Å². The van der Waals surface area contributed by atoms with E-state index < -0.39 is 0 Å². The molecule has 0 atom stereocenters. The van der Waals surface area contributed by atoms with Crippen molar-refractivity contribution < 1.29 is 0 Å². The monoisotopic (exact) mass is 219 g/mol. The van der Waals surface area contributed by atoms with Crippen LogP contribution in [0.5, 0.6) is 0 Å². The molecule has 0 amide bonds. The minimum absolute atomic E-state index is 0.705. The average molecular weight is 219 g/mol. The van der Waals surface area contributed by atoms with Crippen molar-refractivity contribution in [1.29, 1.82) is 0 Å². The molecule has 0 rings (SSSR count). The van der Waals surface area contributed by atoms with Crippen molar-refractivity contribution in [1.82, 2.24) is 16.0 Å². The van der Waals surface area contributed by atoms with Gasteiger partial charge >= 0.3 is 0 Å². The van der Waals surface area contributed by atoms with Gasteiger partial charge in [0.05, 0.1) is 0 Å². The van der Waals surface area contributed by atoms with Crippen LogP contribution >= 0.6 is 0 Å². The maximum atomic E-state index is 5.27. The smallest absolute Gasteiger partial charge is 0.00772 e. The molecule has 0 spiro atoms. The van der Waals surface area contributed by atoms with Gasteiger partial charge in [-0.1, -0.05) is 13.8 Å². The molecule has 0 aromatic carbocycles. The fraction of sp³-hybridized carbons (Fsp3) is 1.00. The Hall–Kier alpha value is -0.200. The van der Waals surface area contributed by atoms with Crippen molar-refractivity contribution in [2.75, 3.05) is 52.4 Å². The summed E-state index contributed by atoms with van der Waals surface area (Å²) >= 11 is 0. The summed E-state index contributed by atoms with van der Waals surface area (Å²) in [5, 5.41) is 9.44. The predicted octanol–water partition coefficient (Wildman–Crippen LogP) is -1.30. The Kier molecular flexibility index (Phi) is 22.2. The molecule has 0 radical (unpaired) electrons. The van der Waals surface area contributed by atoms with Crippen LogP contribution in [0.4, 0.5) is 0 Å². The van der Waals surface area contributed by atoms with Gasteiger partial charge in [0.15, 0.2) is 0 Å². The number of nitrogens with one attached hydrogen (secondary N) is 3. The van der Waals surface area contributed by atoms with E-state index in [1.54, 1.807) is 0 Å². The van der Waals surface area contributed by atoms with Gasteiger partial charge in [-0.05, 0) is 13.1 Å². The van der Waals surface area contributed by atoms with Crippen molar-refractivity contribution in [2.24, 2.45) is 11.5 Å². The third kappa shape index (κ3) is 24.8. The van der Waals surface area contributed by atoms with E-state index in [1.165, 1.54) is 0 Å². The molecule has 5 heteroatoms. The minimum Gasteiger partial charge on any atom is -0.329 e.